The first-order valence-corrected chi connectivity index (χ1v) is 7.68. The summed E-state index contributed by atoms with van der Waals surface area (Å²) in [5.74, 6) is 0. The quantitative estimate of drug-likeness (QED) is 0.611. The van der Waals surface area contributed by atoms with Gasteiger partial charge in [0.15, 0.2) is 0 Å². The van der Waals surface area contributed by atoms with Crippen LogP contribution >= 0.6 is 11.6 Å². The average molecular weight is 342 g/mol. The fraction of sp³-hybridized carbons (Fsp3) is 0.118. The van der Waals surface area contributed by atoms with E-state index in [1.807, 2.05) is 19.9 Å². The van der Waals surface area contributed by atoms with Crippen molar-refractivity contribution in [2.75, 3.05) is 16.4 Å². The van der Waals surface area contributed by atoms with Gasteiger partial charge >= 0.3 is 6.03 Å². The van der Waals surface area contributed by atoms with E-state index in [2.05, 4.69) is 20.6 Å². The number of nitrogens with two attached hydrogens (primary N) is 1. The molecule has 0 spiro atoms. The van der Waals surface area contributed by atoms with Crippen molar-refractivity contribution >= 4 is 45.7 Å². The molecule has 7 heteroatoms. The van der Waals surface area contributed by atoms with E-state index < -0.39 is 6.03 Å². The van der Waals surface area contributed by atoms with Crippen molar-refractivity contribution in [2.24, 2.45) is 0 Å². The largest absolute Gasteiger partial charge is 0.399 e. The van der Waals surface area contributed by atoms with E-state index in [-0.39, 0.29) is 0 Å². The Labute approximate surface area is 144 Å². The number of benzene rings is 2. The summed E-state index contributed by atoms with van der Waals surface area (Å²) in [5.41, 5.74) is 10.5. The Balaban J connectivity index is 1.78. The Morgan fingerprint density at radius 3 is 2.42 bits per heavy atom. The summed E-state index contributed by atoms with van der Waals surface area (Å²) in [6.45, 7) is 3.81. The van der Waals surface area contributed by atoms with Crippen molar-refractivity contribution in [1.82, 2.24) is 9.97 Å². The van der Waals surface area contributed by atoms with Gasteiger partial charge in [0.2, 0.25) is 0 Å². The number of aryl methyl sites for hydroxylation is 2. The number of amides is 2. The highest BCUT2D eigenvalue weighted by Gasteiger charge is 2.08. The summed E-state index contributed by atoms with van der Waals surface area (Å²) >= 11 is 6.05. The predicted molar refractivity (Wildman–Crippen MR) is 97.5 cm³/mol. The van der Waals surface area contributed by atoms with Crippen molar-refractivity contribution in [1.29, 1.82) is 0 Å². The number of fused-ring (bicyclic) bond motifs is 1. The molecule has 122 valence electrons. The molecular formula is C17H16ClN5O. The molecule has 1 aromatic heterocycles. The van der Waals surface area contributed by atoms with Crippen LogP contribution in [0.25, 0.3) is 11.0 Å². The molecule has 0 bridgehead atoms. The van der Waals surface area contributed by atoms with Gasteiger partial charge in [-0.15, -0.1) is 0 Å². The Bertz CT molecular complexity index is 942. The highest BCUT2D eigenvalue weighted by Crippen LogP contribution is 2.24. The molecule has 0 unspecified atom stereocenters. The SMILES string of the molecule is Cc1nc2ccc(NC(=O)Nc3ccc(N)cc3Cl)cc2nc1C. The minimum Gasteiger partial charge on any atom is -0.399 e. The van der Waals surface area contributed by atoms with Crippen molar-refractivity contribution in [3.8, 4) is 0 Å². The second kappa shape index (κ2) is 6.33. The third-order valence-electron chi connectivity index (χ3n) is 3.57. The molecule has 0 aliphatic carbocycles. The molecular weight excluding hydrogens is 326 g/mol. The van der Waals surface area contributed by atoms with Crippen molar-refractivity contribution in [2.45, 2.75) is 13.8 Å². The summed E-state index contributed by atoms with van der Waals surface area (Å²) in [6, 6.07) is 9.86. The number of hydrogen-bond donors (Lipinski definition) is 3. The maximum atomic E-state index is 12.1. The summed E-state index contributed by atoms with van der Waals surface area (Å²) in [6.07, 6.45) is 0. The van der Waals surface area contributed by atoms with E-state index in [9.17, 15) is 4.79 Å². The van der Waals surface area contributed by atoms with Crippen LogP contribution in [0.15, 0.2) is 36.4 Å². The number of nitrogen functional groups attached to an aromatic ring is 1. The summed E-state index contributed by atoms with van der Waals surface area (Å²) in [7, 11) is 0. The van der Waals surface area contributed by atoms with Crippen LogP contribution in [0, 0.1) is 13.8 Å². The second-order valence-electron chi connectivity index (χ2n) is 5.42. The Morgan fingerprint density at radius 2 is 1.71 bits per heavy atom. The smallest absolute Gasteiger partial charge is 0.323 e. The van der Waals surface area contributed by atoms with Crippen LogP contribution in [-0.2, 0) is 0 Å². The molecule has 0 radical (unpaired) electrons. The lowest BCUT2D eigenvalue weighted by molar-refractivity contribution is 0.262. The van der Waals surface area contributed by atoms with E-state index >= 15 is 0 Å². The topological polar surface area (TPSA) is 92.9 Å². The minimum atomic E-state index is -0.405. The Kier molecular flexibility index (Phi) is 4.22. The molecule has 0 saturated heterocycles. The molecule has 1 heterocycles. The predicted octanol–water partition coefficient (Wildman–Crippen LogP) is 4.13. The normalized spacial score (nSPS) is 10.6. The van der Waals surface area contributed by atoms with Crippen LogP contribution in [-0.4, -0.2) is 16.0 Å². The van der Waals surface area contributed by atoms with Crippen LogP contribution < -0.4 is 16.4 Å². The van der Waals surface area contributed by atoms with Gasteiger partial charge in [0.05, 0.1) is 33.1 Å². The standard InChI is InChI=1S/C17H16ClN5O/c1-9-10(2)21-16-8-12(4-6-15(16)20-9)22-17(24)23-14-5-3-11(19)7-13(14)18/h3-8H,19H2,1-2H3,(H2,22,23,24). The summed E-state index contributed by atoms with van der Waals surface area (Å²) < 4.78 is 0. The van der Waals surface area contributed by atoms with Crippen molar-refractivity contribution < 1.29 is 4.79 Å². The summed E-state index contributed by atoms with van der Waals surface area (Å²) in [5, 5.41) is 5.81. The zero-order chi connectivity index (χ0) is 17.3. The molecule has 6 nitrogen and oxygen atoms in total. The Hall–Kier alpha value is -2.86. The number of nitrogens with zero attached hydrogens (tertiary/aromatic N) is 2. The van der Waals surface area contributed by atoms with Crippen molar-refractivity contribution in [3.63, 3.8) is 0 Å². The van der Waals surface area contributed by atoms with Crippen LogP contribution in [0.5, 0.6) is 0 Å². The first-order valence-electron chi connectivity index (χ1n) is 7.30. The van der Waals surface area contributed by atoms with Gasteiger partial charge in [-0.3, -0.25) is 0 Å². The van der Waals surface area contributed by atoms with Crippen LogP contribution in [0.4, 0.5) is 21.9 Å². The van der Waals surface area contributed by atoms with Crippen LogP contribution in [0.1, 0.15) is 11.4 Å². The van der Waals surface area contributed by atoms with Gasteiger partial charge in [-0.25, -0.2) is 14.8 Å². The zero-order valence-electron chi connectivity index (χ0n) is 13.2. The molecule has 0 saturated carbocycles. The van der Waals surface area contributed by atoms with Gasteiger partial charge < -0.3 is 16.4 Å². The number of nitrogens with one attached hydrogen (secondary N) is 2. The number of carbonyl (C=O) groups is 1. The molecule has 3 rings (SSSR count). The van der Waals surface area contributed by atoms with Gasteiger partial charge in [0, 0.05) is 11.4 Å². The summed E-state index contributed by atoms with van der Waals surface area (Å²) in [4.78, 5) is 21.1. The lowest BCUT2D eigenvalue weighted by atomic mass is 10.2. The highest BCUT2D eigenvalue weighted by atomic mass is 35.5. The number of aromatic nitrogens is 2. The average Bonchev–Trinajstić information content (AvgIpc) is 2.51. The first kappa shape index (κ1) is 16.0. The number of rotatable bonds is 2. The fourth-order valence-electron chi connectivity index (χ4n) is 2.23. The van der Waals surface area contributed by atoms with Gasteiger partial charge in [0.25, 0.3) is 0 Å². The molecule has 0 fully saturated rings. The van der Waals surface area contributed by atoms with E-state index in [1.54, 1.807) is 30.3 Å². The second-order valence-corrected chi connectivity index (χ2v) is 5.82. The molecule has 0 aliphatic heterocycles. The maximum absolute atomic E-state index is 12.1. The first-order chi connectivity index (χ1) is 11.4. The fourth-order valence-corrected chi connectivity index (χ4v) is 2.46. The van der Waals surface area contributed by atoms with E-state index in [0.29, 0.717) is 22.1 Å². The molecule has 3 aromatic rings. The lowest BCUT2D eigenvalue weighted by Crippen LogP contribution is -2.19. The van der Waals surface area contributed by atoms with Gasteiger partial charge in [-0.2, -0.15) is 0 Å². The molecule has 0 atom stereocenters. The number of carbonyl (C=O) groups excluding carboxylic acids is 1. The highest BCUT2D eigenvalue weighted by molar-refractivity contribution is 6.34. The Morgan fingerprint density at radius 1 is 1.00 bits per heavy atom. The lowest BCUT2D eigenvalue weighted by Gasteiger charge is -2.10. The van der Waals surface area contributed by atoms with Gasteiger partial charge in [-0.1, -0.05) is 11.6 Å². The van der Waals surface area contributed by atoms with Crippen LogP contribution in [0.2, 0.25) is 5.02 Å². The zero-order valence-corrected chi connectivity index (χ0v) is 14.0. The minimum absolute atomic E-state index is 0.376. The monoisotopic (exact) mass is 341 g/mol. The van der Waals surface area contributed by atoms with Crippen LogP contribution in [0.3, 0.4) is 0 Å². The van der Waals surface area contributed by atoms with E-state index in [4.69, 9.17) is 17.3 Å². The van der Waals surface area contributed by atoms with E-state index in [1.165, 1.54) is 0 Å². The van der Waals surface area contributed by atoms with Gasteiger partial charge in [-0.05, 0) is 50.2 Å². The molecule has 2 aromatic carbocycles. The van der Waals surface area contributed by atoms with Crippen molar-refractivity contribution in [3.05, 3.63) is 52.8 Å². The van der Waals surface area contributed by atoms with E-state index in [0.717, 1.165) is 22.4 Å². The molecule has 24 heavy (non-hydrogen) atoms. The molecule has 0 aliphatic rings. The number of urea groups is 1. The number of halogens is 1. The molecule has 4 N–H and O–H groups in total. The van der Waals surface area contributed by atoms with Gasteiger partial charge in [0.1, 0.15) is 0 Å². The maximum Gasteiger partial charge on any atom is 0.323 e. The number of anilines is 3. The third-order valence-corrected chi connectivity index (χ3v) is 3.89. The third kappa shape index (κ3) is 3.38. The molecule has 2 amide bonds. The number of hydrogen-bond acceptors (Lipinski definition) is 4.